The molecule has 1 aliphatic rings. The highest BCUT2D eigenvalue weighted by Gasteiger charge is 2.25. The van der Waals surface area contributed by atoms with Gasteiger partial charge in [-0.2, -0.15) is 0 Å². The standard InChI is InChI=1S/C24H25N3O4S/c1-15(22(30)18-8-9-21-17(14-18)10-12-26(21)16(2)29)32-24-25-20-7-4-3-6-19(20)23(31)27(24)11-5-13-28/h3-4,6-9,14-15,28H,5,10-13H2,1-2H3/t15-/m0/s1. The smallest absolute Gasteiger partial charge is 0.262 e. The van der Waals surface area contributed by atoms with Gasteiger partial charge < -0.3 is 10.0 Å². The number of hydrogen-bond acceptors (Lipinski definition) is 6. The molecule has 3 aromatic rings. The van der Waals surface area contributed by atoms with E-state index in [0.717, 1.165) is 17.7 Å². The van der Waals surface area contributed by atoms with Gasteiger partial charge in [0.15, 0.2) is 10.9 Å². The van der Waals surface area contributed by atoms with Crippen LogP contribution in [0, 0.1) is 0 Å². The second-order valence-electron chi connectivity index (χ2n) is 7.83. The van der Waals surface area contributed by atoms with E-state index in [1.165, 1.54) is 11.8 Å². The van der Waals surface area contributed by atoms with Gasteiger partial charge in [0.05, 0.1) is 16.2 Å². The van der Waals surface area contributed by atoms with E-state index in [0.29, 0.717) is 41.1 Å². The van der Waals surface area contributed by atoms with Gasteiger partial charge in [0, 0.05) is 37.9 Å². The molecule has 0 aliphatic carbocycles. The third-order valence-electron chi connectivity index (χ3n) is 5.66. The van der Waals surface area contributed by atoms with Crippen molar-refractivity contribution in [1.29, 1.82) is 0 Å². The van der Waals surface area contributed by atoms with Crippen molar-refractivity contribution in [1.82, 2.24) is 9.55 Å². The van der Waals surface area contributed by atoms with E-state index in [1.54, 1.807) is 47.6 Å². The van der Waals surface area contributed by atoms with Crippen LogP contribution in [0.1, 0.15) is 36.2 Å². The molecule has 1 amide bonds. The number of thioether (sulfide) groups is 1. The summed E-state index contributed by atoms with van der Waals surface area (Å²) in [5.41, 5.74) is 2.85. The van der Waals surface area contributed by atoms with Crippen LogP contribution < -0.4 is 10.5 Å². The normalized spacial score (nSPS) is 13.9. The number of carbonyl (C=O) groups is 2. The number of aliphatic hydroxyl groups is 1. The second-order valence-corrected chi connectivity index (χ2v) is 9.14. The molecule has 0 saturated carbocycles. The monoisotopic (exact) mass is 451 g/mol. The molecule has 0 unspecified atom stereocenters. The molecule has 2 heterocycles. The van der Waals surface area contributed by atoms with Crippen molar-refractivity contribution in [2.24, 2.45) is 0 Å². The third kappa shape index (κ3) is 4.20. The maximum Gasteiger partial charge on any atom is 0.262 e. The van der Waals surface area contributed by atoms with E-state index in [-0.39, 0.29) is 23.9 Å². The van der Waals surface area contributed by atoms with Crippen molar-refractivity contribution in [3.05, 3.63) is 63.9 Å². The first-order chi connectivity index (χ1) is 15.4. The van der Waals surface area contributed by atoms with Gasteiger partial charge in [0.1, 0.15) is 0 Å². The fourth-order valence-electron chi connectivity index (χ4n) is 3.99. The van der Waals surface area contributed by atoms with Crippen molar-refractivity contribution in [3.63, 3.8) is 0 Å². The molecular weight excluding hydrogens is 426 g/mol. The molecule has 0 saturated heterocycles. The fourth-order valence-corrected chi connectivity index (χ4v) is 5.00. The molecule has 0 spiro atoms. The lowest BCUT2D eigenvalue weighted by Gasteiger charge is -2.17. The summed E-state index contributed by atoms with van der Waals surface area (Å²) in [5, 5.41) is 9.76. The van der Waals surface area contributed by atoms with Gasteiger partial charge in [-0.25, -0.2) is 4.98 Å². The lowest BCUT2D eigenvalue weighted by molar-refractivity contribution is -0.116. The third-order valence-corrected chi connectivity index (χ3v) is 6.75. The zero-order valence-electron chi connectivity index (χ0n) is 18.1. The number of hydrogen-bond donors (Lipinski definition) is 1. The number of anilines is 1. The number of ketones is 1. The van der Waals surface area contributed by atoms with Crippen LogP contribution in [0.4, 0.5) is 5.69 Å². The molecule has 7 nitrogen and oxygen atoms in total. The first-order valence-corrected chi connectivity index (χ1v) is 11.5. The second kappa shape index (κ2) is 9.26. The molecule has 32 heavy (non-hydrogen) atoms. The molecule has 166 valence electrons. The van der Waals surface area contributed by atoms with Crippen LogP contribution in [0.2, 0.25) is 0 Å². The highest BCUT2D eigenvalue weighted by molar-refractivity contribution is 8.00. The Bertz CT molecular complexity index is 1250. The average Bonchev–Trinajstić information content (AvgIpc) is 3.22. The minimum Gasteiger partial charge on any atom is -0.396 e. The highest BCUT2D eigenvalue weighted by atomic mass is 32.2. The molecule has 1 aliphatic heterocycles. The predicted octanol–water partition coefficient (Wildman–Crippen LogP) is 3.05. The number of amides is 1. The van der Waals surface area contributed by atoms with Crippen molar-refractivity contribution in [2.45, 2.75) is 43.6 Å². The maximum atomic E-state index is 13.2. The molecule has 1 aromatic heterocycles. The first-order valence-electron chi connectivity index (χ1n) is 10.6. The molecule has 0 bridgehead atoms. The fraction of sp³-hybridized carbons (Fsp3) is 0.333. The van der Waals surface area contributed by atoms with Gasteiger partial charge in [-0.3, -0.25) is 19.0 Å². The summed E-state index contributed by atoms with van der Waals surface area (Å²) < 4.78 is 1.54. The van der Waals surface area contributed by atoms with Gasteiger partial charge in [0.25, 0.3) is 5.56 Å². The van der Waals surface area contributed by atoms with Gasteiger partial charge in [-0.15, -0.1) is 0 Å². The Kier molecular flexibility index (Phi) is 6.43. The lowest BCUT2D eigenvalue weighted by atomic mass is 10.0. The van der Waals surface area contributed by atoms with E-state index in [1.807, 2.05) is 18.2 Å². The summed E-state index contributed by atoms with van der Waals surface area (Å²) in [7, 11) is 0. The molecule has 0 fully saturated rings. The number of fused-ring (bicyclic) bond motifs is 2. The van der Waals surface area contributed by atoms with Gasteiger partial charge in [-0.05, 0) is 55.7 Å². The minimum absolute atomic E-state index is 0.00465. The van der Waals surface area contributed by atoms with Crippen LogP contribution in [0.3, 0.4) is 0 Å². The maximum absolute atomic E-state index is 13.2. The molecular formula is C24H25N3O4S. The van der Waals surface area contributed by atoms with Crippen LogP contribution in [0.25, 0.3) is 10.9 Å². The molecule has 1 N–H and O–H groups in total. The number of benzene rings is 2. The zero-order chi connectivity index (χ0) is 22.8. The molecule has 0 radical (unpaired) electrons. The molecule has 8 heteroatoms. The van der Waals surface area contributed by atoms with Crippen LogP contribution in [0.5, 0.6) is 0 Å². The van der Waals surface area contributed by atoms with E-state index in [9.17, 15) is 19.5 Å². The predicted molar refractivity (Wildman–Crippen MR) is 126 cm³/mol. The Morgan fingerprint density at radius 1 is 1.22 bits per heavy atom. The number of aromatic nitrogens is 2. The minimum atomic E-state index is -0.466. The lowest BCUT2D eigenvalue weighted by Crippen LogP contribution is -2.26. The SMILES string of the molecule is CC(=O)N1CCc2cc(C(=O)[C@H](C)Sc3nc4ccccc4c(=O)n3CCCO)ccc21. The van der Waals surface area contributed by atoms with Crippen molar-refractivity contribution < 1.29 is 14.7 Å². The van der Waals surface area contributed by atoms with E-state index >= 15 is 0 Å². The number of rotatable bonds is 7. The number of carbonyl (C=O) groups excluding carboxylic acids is 2. The quantitative estimate of drug-likeness (QED) is 0.337. The Labute approximate surface area is 190 Å². The van der Waals surface area contributed by atoms with Gasteiger partial charge >= 0.3 is 0 Å². The van der Waals surface area contributed by atoms with Crippen LogP contribution >= 0.6 is 11.8 Å². The Morgan fingerprint density at radius 2 is 2.00 bits per heavy atom. The summed E-state index contributed by atoms with van der Waals surface area (Å²) in [6, 6.07) is 12.6. The largest absolute Gasteiger partial charge is 0.396 e. The topological polar surface area (TPSA) is 92.5 Å². The summed E-state index contributed by atoms with van der Waals surface area (Å²) in [5.74, 6) is -0.0647. The zero-order valence-corrected chi connectivity index (χ0v) is 18.9. The van der Waals surface area contributed by atoms with E-state index in [2.05, 4.69) is 4.98 Å². The van der Waals surface area contributed by atoms with Crippen LogP contribution in [-0.2, 0) is 17.8 Å². The molecule has 4 rings (SSSR count). The number of nitrogens with zero attached hydrogens (tertiary/aromatic N) is 3. The Hall–Kier alpha value is -2.97. The molecule has 2 aromatic carbocycles. The number of aliphatic hydroxyl groups excluding tert-OH is 1. The average molecular weight is 452 g/mol. The van der Waals surface area contributed by atoms with E-state index < -0.39 is 5.25 Å². The summed E-state index contributed by atoms with van der Waals surface area (Å²) >= 11 is 1.25. The van der Waals surface area contributed by atoms with Crippen molar-refractivity contribution in [2.75, 3.05) is 18.1 Å². The summed E-state index contributed by atoms with van der Waals surface area (Å²) in [4.78, 5) is 44.3. The highest BCUT2D eigenvalue weighted by Crippen LogP contribution is 2.31. The number of Topliss-reactive ketones (excluding diaryl/α,β-unsaturated/α-hetero) is 1. The van der Waals surface area contributed by atoms with Gasteiger partial charge in [0.2, 0.25) is 5.91 Å². The van der Waals surface area contributed by atoms with E-state index in [4.69, 9.17) is 0 Å². The number of para-hydroxylation sites is 1. The Morgan fingerprint density at radius 3 is 2.75 bits per heavy atom. The van der Waals surface area contributed by atoms with Gasteiger partial charge in [-0.1, -0.05) is 23.9 Å². The Balaban J connectivity index is 1.62. The van der Waals surface area contributed by atoms with Crippen molar-refractivity contribution in [3.8, 4) is 0 Å². The van der Waals surface area contributed by atoms with Crippen molar-refractivity contribution >= 4 is 40.0 Å². The van der Waals surface area contributed by atoms with Crippen LogP contribution in [0.15, 0.2) is 52.4 Å². The summed E-state index contributed by atoms with van der Waals surface area (Å²) in [6.07, 6.45) is 1.15. The first kappa shape index (κ1) is 22.2. The molecule has 1 atom stereocenters. The summed E-state index contributed by atoms with van der Waals surface area (Å²) in [6.45, 7) is 4.27. The van der Waals surface area contributed by atoms with Crippen LogP contribution in [-0.4, -0.2) is 44.7 Å².